The lowest BCUT2D eigenvalue weighted by molar-refractivity contribution is -0.111. The molecule has 130 valence electrons. The molecule has 0 aliphatic carbocycles. The second kappa shape index (κ2) is 10.1. The minimum Gasteiger partial charge on any atom is -0.385 e. The van der Waals surface area contributed by atoms with Crippen LogP contribution >= 0.6 is 0 Å². The summed E-state index contributed by atoms with van der Waals surface area (Å²) >= 11 is 0. The van der Waals surface area contributed by atoms with E-state index >= 15 is 0 Å². The third-order valence-electron chi connectivity index (χ3n) is 3.43. The SMILES string of the molecule is COCCCNC(=O)c1cccc(NC(=O)/C=C/c2ccccc2)c1. The van der Waals surface area contributed by atoms with Crippen molar-refractivity contribution in [3.8, 4) is 0 Å². The molecule has 0 aromatic heterocycles. The van der Waals surface area contributed by atoms with E-state index in [9.17, 15) is 9.59 Å². The number of carbonyl (C=O) groups excluding carboxylic acids is 2. The lowest BCUT2D eigenvalue weighted by Gasteiger charge is -2.07. The second-order valence-corrected chi connectivity index (χ2v) is 5.42. The Morgan fingerprint density at radius 2 is 1.88 bits per heavy atom. The van der Waals surface area contributed by atoms with Crippen LogP contribution in [0, 0.1) is 0 Å². The molecule has 0 saturated heterocycles. The van der Waals surface area contributed by atoms with Gasteiger partial charge in [-0.25, -0.2) is 0 Å². The van der Waals surface area contributed by atoms with Crippen molar-refractivity contribution in [2.45, 2.75) is 6.42 Å². The van der Waals surface area contributed by atoms with Gasteiger partial charge in [-0.05, 0) is 36.3 Å². The van der Waals surface area contributed by atoms with Crippen LogP contribution in [0.2, 0.25) is 0 Å². The van der Waals surface area contributed by atoms with Crippen molar-refractivity contribution in [2.24, 2.45) is 0 Å². The Hall–Kier alpha value is -2.92. The minimum absolute atomic E-state index is 0.174. The topological polar surface area (TPSA) is 67.4 Å². The van der Waals surface area contributed by atoms with Crippen molar-refractivity contribution in [3.05, 3.63) is 71.8 Å². The van der Waals surface area contributed by atoms with E-state index in [1.807, 2.05) is 30.3 Å². The Kier molecular flexibility index (Phi) is 7.41. The highest BCUT2D eigenvalue weighted by molar-refractivity contribution is 6.03. The summed E-state index contributed by atoms with van der Waals surface area (Å²) in [6.45, 7) is 1.15. The molecule has 2 rings (SSSR count). The predicted molar refractivity (Wildman–Crippen MR) is 99.4 cm³/mol. The molecule has 0 saturated carbocycles. The summed E-state index contributed by atoms with van der Waals surface area (Å²) in [5.74, 6) is -0.423. The molecule has 5 heteroatoms. The van der Waals surface area contributed by atoms with E-state index in [1.165, 1.54) is 6.08 Å². The number of hydrogen-bond acceptors (Lipinski definition) is 3. The van der Waals surface area contributed by atoms with Crippen molar-refractivity contribution in [3.63, 3.8) is 0 Å². The highest BCUT2D eigenvalue weighted by Gasteiger charge is 2.06. The van der Waals surface area contributed by atoms with E-state index in [2.05, 4.69) is 10.6 Å². The van der Waals surface area contributed by atoms with Crippen LogP contribution in [0.4, 0.5) is 5.69 Å². The van der Waals surface area contributed by atoms with Crippen LogP contribution in [-0.4, -0.2) is 32.1 Å². The Bertz CT molecular complexity index is 727. The molecule has 0 radical (unpaired) electrons. The van der Waals surface area contributed by atoms with E-state index in [-0.39, 0.29) is 11.8 Å². The zero-order valence-electron chi connectivity index (χ0n) is 14.2. The highest BCUT2D eigenvalue weighted by atomic mass is 16.5. The van der Waals surface area contributed by atoms with Crippen LogP contribution in [0.3, 0.4) is 0 Å². The van der Waals surface area contributed by atoms with Gasteiger partial charge >= 0.3 is 0 Å². The molecule has 5 nitrogen and oxygen atoms in total. The molecule has 2 amide bonds. The fourth-order valence-electron chi connectivity index (χ4n) is 2.18. The average Bonchev–Trinajstić information content (AvgIpc) is 2.64. The smallest absolute Gasteiger partial charge is 0.251 e. The van der Waals surface area contributed by atoms with E-state index < -0.39 is 0 Å². The maximum atomic E-state index is 12.1. The third kappa shape index (κ3) is 6.61. The number of ether oxygens (including phenoxy) is 1. The summed E-state index contributed by atoms with van der Waals surface area (Å²) in [4.78, 5) is 24.1. The van der Waals surface area contributed by atoms with Gasteiger partial charge in [0, 0.05) is 37.6 Å². The van der Waals surface area contributed by atoms with Gasteiger partial charge in [-0.15, -0.1) is 0 Å². The van der Waals surface area contributed by atoms with Crippen molar-refractivity contribution < 1.29 is 14.3 Å². The minimum atomic E-state index is -0.249. The largest absolute Gasteiger partial charge is 0.385 e. The Morgan fingerprint density at radius 3 is 2.64 bits per heavy atom. The van der Waals surface area contributed by atoms with Crippen LogP contribution in [0.15, 0.2) is 60.7 Å². The molecule has 2 aromatic rings. The summed E-state index contributed by atoms with van der Waals surface area (Å²) in [7, 11) is 1.63. The number of nitrogens with one attached hydrogen (secondary N) is 2. The fourth-order valence-corrected chi connectivity index (χ4v) is 2.18. The molecule has 0 aliphatic rings. The molecule has 2 aromatic carbocycles. The Morgan fingerprint density at radius 1 is 1.08 bits per heavy atom. The summed E-state index contributed by atoms with van der Waals surface area (Å²) in [6.07, 6.45) is 3.96. The van der Waals surface area contributed by atoms with Gasteiger partial charge in [0.1, 0.15) is 0 Å². The first-order valence-corrected chi connectivity index (χ1v) is 8.10. The van der Waals surface area contributed by atoms with Gasteiger partial charge in [0.15, 0.2) is 0 Å². The molecule has 0 unspecified atom stereocenters. The summed E-state index contributed by atoms with van der Waals surface area (Å²) in [6, 6.07) is 16.4. The Labute approximate surface area is 147 Å². The van der Waals surface area contributed by atoms with Gasteiger partial charge in [-0.3, -0.25) is 9.59 Å². The number of rotatable bonds is 8. The normalized spacial score (nSPS) is 10.6. The molecule has 0 aliphatic heterocycles. The van der Waals surface area contributed by atoms with E-state index in [1.54, 1.807) is 37.5 Å². The zero-order valence-corrected chi connectivity index (χ0v) is 14.2. The molecule has 25 heavy (non-hydrogen) atoms. The van der Waals surface area contributed by atoms with Crippen molar-refractivity contribution >= 4 is 23.6 Å². The van der Waals surface area contributed by atoms with Crippen LogP contribution < -0.4 is 10.6 Å². The second-order valence-electron chi connectivity index (χ2n) is 5.42. The van der Waals surface area contributed by atoms with Crippen LogP contribution in [0.5, 0.6) is 0 Å². The number of amides is 2. The molecule has 0 atom stereocenters. The summed E-state index contributed by atoms with van der Waals surface area (Å²) in [5, 5.41) is 5.57. The maximum absolute atomic E-state index is 12.1. The molecule has 2 N–H and O–H groups in total. The standard InChI is InChI=1S/C20H22N2O3/c1-25-14-6-13-21-20(24)17-9-5-10-18(15-17)22-19(23)12-11-16-7-3-2-4-8-16/h2-5,7-12,15H,6,13-14H2,1H3,(H,21,24)(H,22,23)/b12-11+. The van der Waals surface area contributed by atoms with Crippen molar-refractivity contribution in [1.29, 1.82) is 0 Å². The molecule has 0 bridgehead atoms. The lowest BCUT2D eigenvalue weighted by atomic mass is 10.2. The first-order valence-electron chi connectivity index (χ1n) is 8.10. The van der Waals surface area contributed by atoms with Crippen LogP contribution in [-0.2, 0) is 9.53 Å². The highest BCUT2D eigenvalue weighted by Crippen LogP contribution is 2.11. The molecular formula is C20H22N2O3. The lowest BCUT2D eigenvalue weighted by Crippen LogP contribution is -2.25. The van der Waals surface area contributed by atoms with E-state index in [4.69, 9.17) is 4.74 Å². The number of anilines is 1. The maximum Gasteiger partial charge on any atom is 0.251 e. The van der Waals surface area contributed by atoms with Crippen molar-refractivity contribution in [1.82, 2.24) is 5.32 Å². The van der Waals surface area contributed by atoms with Crippen molar-refractivity contribution in [2.75, 3.05) is 25.6 Å². The first kappa shape index (κ1) is 18.4. The molecular weight excluding hydrogens is 316 g/mol. The predicted octanol–water partition coefficient (Wildman–Crippen LogP) is 3.10. The molecule has 0 heterocycles. The number of carbonyl (C=O) groups is 2. The number of benzene rings is 2. The van der Waals surface area contributed by atoms with Gasteiger partial charge in [0.2, 0.25) is 5.91 Å². The van der Waals surface area contributed by atoms with Gasteiger partial charge in [-0.2, -0.15) is 0 Å². The fraction of sp³-hybridized carbons (Fsp3) is 0.200. The van der Waals surface area contributed by atoms with Gasteiger partial charge in [0.25, 0.3) is 5.91 Å². The van der Waals surface area contributed by atoms with Gasteiger partial charge in [-0.1, -0.05) is 36.4 Å². The average molecular weight is 338 g/mol. The number of methoxy groups -OCH3 is 1. The third-order valence-corrected chi connectivity index (χ3v) is 3.43. The Balaban J connectivity index is 1.91. The van der Waals surface area contributed by atoms with Crippen LogP contribution in [0.25, 0.3) is 6.08 Å². The monoisotopic (exact) mass is 338 g/mol. The molecule has 0 spiro atoms. The van der Waals surface area contributed by atoms with Gasteiger partial charge in [0.05, 0.1) is 0 Å². The van der Waals surface area contributed by atoms with E-state index in [0.717, 1.165) is 12.0 Å². The van der Waals surface area contributed by atoms with E-state index in [0.29, 0.717) is 24.4 Å². The van der Waals surface area contributed by atoms with Gasteiger partial charge < -0.3 is 15.4 Å². The summed E-state index contributed by atoms with van der Waals surface area (Å²) in [5.41, 5.74) is 2.02. The summed E-state index contributed by atoms with van der Waals surface area (Å²) < 4.78 is 4.94. The molecule has 0 fully saturated rings. The van der Waals surface area contributed by atoms with Crippen LogP contribution in [0.1, 0.15) is 22.3 Å². The first-order chi connectivity index (χ1) is 12.2. The number of hydrogen-bond donors (Lipinski definition) is 2. The zero-order chi connectivity index (χ0) is 17.9. The quantitative estimate of drug-likeness (QED) is 0.574.